The second-order valence-electron chi connectivity index (χ2n) is 5.46. The summed E-state index contributed by atoms with van der Waals surface area (Å²) >= 11 is 0. The first-order chi connectivity index (χ1) is 7.99. The summed E-state index contributed by atoms with van der Waals surface area (Å²) in [5.41, 5.74) is -0.503. The van der Waals surface area contributed by atoms with Gasteiger partial charge in [0.2, 0.25) is 5.91 Å². The molecule has 0 aliphatic heterocycles. The Morgan fingerprint density at radius 2 is 1.94 bits per heavy atom. The lowest BCUT2D eigenvalue weighted by Crippen LogP contribution is -2.47. The van der Waals surface area contributed by atoms with Crippen LogP contribution in [0.1, 0.15) is 39.4 Å². The first-order valence-electron chi connectivity index (χ1n) is 6.08. The van der Waals surface area contributed by atoms with Gasteiger partial charge in [0.05, 0.1) is 5.54 Å². The van der Waals surface area contributed by atoms with Crippen molar-refractivity contribution in [3.8, 4) is 0 Å². The van der Waals surface area contributed by atoms with Gasteiger partial charge in [0, 0.05) is 18.3 Å². The lowest BCUT2D eigenvalue weighted by molar-refractivity contribution is -0.130. The van der Waals surface area contributed by atoms with Crippen LogP contribution in [0.3, 0.4) is 0 Å². The Balaban J connectivity index is 2.00. The van der Waals surface area contributed by atoms with Crippen molar-refractivity contribution in [3.63, 3.8) is 0 Å². The molecule has 4 heteroatoms. The number of nitrogens with zero attached hydrogens (tertiary/aromatic N) is 2. The van der Waals surface area contributed by atoms with E-state index in [9.17, 15) is 4.79 Å². The summed E-state index contributed by atoms with van der Waals surface area (Å²) in [5, 5.41) is 3.03. The lowest BCUT2D eigenvalue weighted by atomic mass is 9.75. The largest absolute Gasteiger partial charge is 0.344 e. The maximum absolute atomic E-state index is 12.0. The van der Waals surface area contributed by atoms with E-state index in [1.165, 1.54) is 0 Å². The molecule has 4 nitrogen and oxygen atoms in total. The average molecular weight is 233 g/mol. The SMILES string of the molecule is CC1CC(C(=O)NC(C)(C)c2ncccn2)C1. The second kappa shape index (κ2) is 4.43. The van der Waals surface area contributed by atoms with Crippen molar-refractivity contribution in [2.24, 2.45) is 11.8 Å². The van der Waals surface area contributed by atoms with Gasteiger partial charge in [-0.15, -0.1) is 0 Å². The van der Waals surface area contributed by atoms with Crippen LogP contribution in [0.4, 0.5) is 0 Å². The van der Waals surface area contributed by atoms with Crippen molar-refractivity contribution in [1.82, 2.24) is 15.3 Å². The molecule has 0 atom stereocenters. The molecule has 2 rings (SSSR count). The van der Waals surface area contributed by atoms with E-state index in [-0.39, 0.29) is 11.8 Å². The molecular weight excluding hydrogens is 214 g/mol. The molecule has 1 fully saturated rings. The average Bonchev–Trinajstić information content (AvgIpc) is 2.25. The molecule has 0 saturated heterocycles. The monoisotopic (exact) mass is 233 g/mol. The van der Waals surface area contributed by atoms with E-state index in [1.807, 2.05) is 13.8 Å². The van der Waals surface area contributed by atoms with Crippen LogP contribution in [0.25, 0.3) is 0 Å². The predicted molar refractivity (Wildman–Crippen MR) is 65.1 cm³/mol. The van der Waals surface area contributed by atoms with Crippen LogP contribution in [-0.2, 0) is 10.3 Å². The van der Waals surface area contributed by atoms with E-state index in [1.54, 1.807) is 18.5 Å². The maximum Gasteiger partial charge on any atom is 0.223 e. The Hall–Kier alpha value is -1.45. The summed E-state index contributed by atoms with van der Waals surface area (Å²) in [7, 11) is 0. The van der Waals surface area contributed by atoms with E-state index in [0.717, 1.165) is 12.8 Å². The van der Waals surface area contributed by atoms with Gasteiger partial charge in [0.15, 0.2) is 5.82 Å². The zero-order valence-electron chi connectivity index (χ0n) is 10.6. The molecule has 0 unspecified atom stereocenters. The Bertz CT molecular complexity index is 396. The Labute approximate surface area is 102 Å². The van der Waals surface area contributed by atoms with E-state index in [2.05, 4.69) is 22.2 Å². The summed E-state index contributed by atoms with van der Waals surface area (Å²) in [6.07, 6.45) is 5.39. The summed E-state index contributed by atoms with van der Waals surface area (Å²) in [6.45, 7) is 6.04. The van der Waals surface area contributed by atoms with Gasteiger partial charge < -0.3 is 5.32 Å². The van der Waals surface area contributed by atoms with Gasteiger partial charge in [-0.3, -0.25) is 4.79 Å². The standard InChI is InChI=1S/C13H19N3O/c1-9-7-10(8-9)11(17)16-13(2,3)12-14-5-4-6-15-12/h4-6,9-10H,7-8H2,1-3H3,(H,16,17). The zero-order valence-corrected chi connectivity index (χ0v) is 10.6. The van der Waals surface area contributed by atoms with E-state index in [0.29, 0.717) is 11.7 Å². The van der Waals surface area contributed by atoms with Crippen LogP contribution in [0, 0.1) is 11.8 Å². The van der Waals surface area contributed by atoms with Crippen molar-refractivity contribution >= 4 is 5.91 Å². The van der Waals surface area contributed by atoms with Crippen LogP contribution in [0.15, 0.2) is 18.5 Å². The van der Waals surface area contributed by atoms with Crippen molar-refractivity contribution in [3.05, 3.63) is 24.3 Å². The summed E-state index contributed by atoms with van der Waals surface area (Å²) in [5.74, 6) is 1.64. The summed E-state index contributed by atoms with van der Waals surface area (Å²) in [4.78, 5) is 20.4. The van der Waals surface area contributed by atoms with E-state index < -0.39 is 5.54 Å². The summed E-state index contributed by atoms with van der Waals surface area (Å²) in [6, 6.07) is 1.77. The van der Waals surface area contributed by atoms with Gasteiger partial charge in [0.1, 0.15) is 0 Å². The highest BCUT2D eigenvalue weighted by atomic mass is 16.2. The molecule has 1 heterocycles. The highest BCUT2D eigenvalue weighted by molar-refractivity contribution is 5.80. The molecule has 0 radical (unpaired) electrons. The fourth-order valence-corrected chi connectivity index (χ4v) is 2.20. The molecule has 1 amide bonds. The van der Waals surface area contributed by atoms with Crippen molar-refractivity contribution in [2.45, 2.75) is 39.2 Å². The molecule has 1 aromatic rings. The van der Waals surface area contributed by atoms with Gasteiger partial charge in [0.25, 0.3) is 0 Å². The minimum atomic E-state index is -0.503. The minimum absolute atomic E-state index is 0.126. The summed E-state index contributed by atoms with van der Waals surface area (Å²) < 4.78 is 0. The smallest absolute Gasteiger partial charge is 0.223 e. The van der Waals surface area contributed by atoms with Crippen LogP contribution >= 0.6 is 0 Å². The van der Waals surface area contributed by atoms with Crippen LogP contribution < -0.4 is 5.32 Å². The first kappa shape index (κ1) is 12.0. The molecular formula is C13H19N3O. The van der Waals surface area contributed by atoms with Crippen molar-refractivity contribution < 1.29 is 4.79 Å². The molecule has 1 aromatic heterocycles. The van der Waals surface area contributed by atoms with Crippen LogP contribution in [0.2, 0.25) is 0 Å². The number of carbonyl (C=O) groups is 1. The van der Waals surface area contributed by atoms with Gasteiger partial charge in [-0.05, 0) is 38.7 Å². The van der Waals surface area contributed by atoms with E-state index in [4.69, 9.17) is 0 Å². The topological polar surface area (TPSA) is 54.9 Å². The molecule has 92 valence electrons. The molecule has 1 aliphatic carbocycles. The lowest BCUT2D eigenvalue weighted by Gasteiger charge is -2.34. The number of aromatic nitrogens is 2. The first-order valence-corrected chi connectivity index (χ1v) is 6.08. The Kier molecular flexibility index (Phi) is 3.13. The van der Waals surface area contributed by atoms with E-state index >= 15 is 0 Å². The fourth-order valence-electron chi connectivity index (χ4n) is 2.20. The number of hydrogen-bond donors (Lipinski definition) is 1. The highest BCUT2D eigenvalue weighted by Gasteiger charge is 2.35. The normalized spacial score (nSPS) is 23.9. The number of rotatable bonds is 3. The minimum Gasteiger partial charge on any atom is -0.344 e. The van der Waals surface area contributed by atoms with Gasteiger partial charge in [-0.1, -0.05) is 6.92 Å². The molecule has 0 bridgehead atoms. The molecule has 0 spiro atoms. The molecule has 1 saturated carbocycles. The van der Waals surface area contributed by atoms with Crippen molar-refractivity contribution in [1.29, 1.82) is 0 Å². The fraction of sp³-hybridized carbons (Fsp3) is 0.615. The third-order valence-corrected chi connectivity index (χ3v) is 3.31. The number of amides is 1. The van der Waals surface area contributed by atoms with Gasteiger partial charge in [-0.2, -0.15) is 0 Å². The van der Waals surface area contributed by atoms with Gasteiger partial charge in [-0.25, -0.2) is 9.97 Å². The third-order valence-electron chi connectivity index (χ3n) is 3.31. The van der Waals surface area contributed by atoms with Crippen LogP contribution in [0.5, 0.6) is 0 Å². The molecule has 0 aromatic carbocycles. The van der Waals surface area contributed by atoms with Crippen molar-refractivity contribution in [2.75, 3.05) is 0 Å². The Morgan fingerprint density at radius 3 is 2.47 bits per heavy atom. The number of nitrogens with one attached hydrogen (secondary N) is 1. The van der Waals surface area contributed by atoms with Gasteiger partial charge >= 0.3 is 0 Å². The number of carbonyl (C=O) groups excluding carboxylic acids is 1. The predicted octanol–water partition coefficient (Wildman–Crippen LogP) is 1.87. The highest BCUT2D eigenvalue weighted by Crippen LogP contribution is 2.33. The molecule has 17 heavy (non-hydrogen) atoms. The zero-order chi connectivity index (χ0) is 12.5. The quantitative estimate of drug-likeness (QED) is 0.867. The number of hydrogen-bond acceptors (Lipinski definition) is 3. The van der Waals surface area contributed by atoms with Crippen LogP contribution in [-0.4, -0.2) is 15.9 Å². The maximum atomic E-state index is 12.0. The molecule has 1 N–H and O–H groups in total. The Morgan fingerprint density at radius 1 is 1.35 bits per heavy atom. The molecule has 1 aliphatic rings. The third kappa shape index (κ3) is 2.62. The second-order valence-corrected chi connectivity index (χ2v) is 5.46.